The number of fused-ring (bicyclic) bond motifs is 1. The van der Waals surface area contributed by atoms with Gasteiger partial charge in [-0.3, -0.25) is 9.89 Å². The molecule has 0 spiro atoms. The highest BCUT2D eigenvalue weighted by Crippen LogP contribution is 2.35. The number of nitrogens with one attached hydrogen (secondary N) is 2. The molecule has 0 aliphatic rings. The van der Waals surface area contributed by atoms with Crippen LogP contribution in [0.4, 0.5) is 5.82 Å². The molecule has 0 radical (unpaired) electrons. The van der Waals surface area contributed by atoms with Gasteiger partial charge in [-0.15, -0.1) is 11.3 Å². The summed E-state index contributed by atoms with van der Waals surface area (Å²) in [6, 6.07) is 18.5. The number of benzene rings is 2. The number of anilines is 1. The summed E-state index contributed by atoms with van der Waals surface area (Å²) in [5.41, 5.74) is 2.98. The van der Waals surface area contributed by atoms with Gasteiger partial charge in [0.25, 0.3) is 0 Å². The molecule has 152 valence electrons. The Bertz CT molecular complexity index is 1380. The third kappa shape index (κ3) is 4.06. The minimum atomic E-state index is -0.164. The van der Waals surface area contributed by atoms with E-state index in [4.69, 9.17) is 4.98 Å². The standard InChI is InChI=1S/C23H18N6OS/c1-14(30)27-20-12-18(8-9-24-20)23-28-19(21(31-23)22-25-13-26-29-22)11-15-6-7-16-4-2-3-5-17(16)10-15/h2-10,12-13H,11H2,1H3,(H,24,27,30)(H,25,26,29). The van der Waals surface area contributed by atoms with Crippen molar-refractivity contribution in [1.29, 1.82) is 0 Å². The number of hydrogen-bond donors (Lipinski definition) is 2. The predicted octanol–water partition coefficient (Wildman–Crippen LogP) is 4.69. The molecule has 0 fully saturated rings. The quantitative estimate of drug-likeness (QED) is 0.425. The number of aromatic nitrogens is 5. The Morgan fingerprint density at radius 3 is 2.74 bits per heavy atom. The Morgan fingerprint density at radius 2 is 1.94 bits per heavy atom. The Hall–Kier alpha value is -3.91. The van der Waals surface area contributed by atoms with Crippen LogP contribution < -0.4 is 5.32 Å². The van der Waals surface area contributed by atoms with Gasteiger partial charge in [-0.25, -0.2) is 15.0 Å². The van der Waals surface area contributed by atoms with Crippen LogP contribution in [0.2, 0.25) is 0 Å². The fourth-order valence-electron chi connectivity index (χ4n) is 3.45. The van der Waals surface area contributed by atoms with Crippen LogP contribution >= 0.6 is 11.3 Å². The topological polar surface area (TPSA) is 96.5 Å². The van der Waals surface area contributed by atoms with Gasteiger partial charge in [0.2, 0.25) is 5.91 Å². The molecule has 0 aliphatic carbocycles. The first-order valence-corrected chi connectivity index (χ1v) is 10.5. The zero-order valence-corrected chi connectivity index (χ0v) is 17.5. The second kappa shape index (κ2) is 8.08. The normalized spacial score (nSPS) is 11.0. The van der Waals surface area contributed by atoms with Crippen molar-refractivity contribution in [1.82, 2.24) is 25.1 Å². The average Bonchev–Trinajstić information content (AvgIpc) is 3.43. The number of H-pyrrole nitrogens is 1. The van der Waals surface area contributed by atoms with Crippen molar-refractivity contribution in [2.24, 2.45) is 0 Å². The van der Waals surface area contributed by atoms with E-state index in [1.165, 1.54) is 40.9 Å². The molecule has 8 heteroatoms. The summed E-state index contributed by atoms with van der Waals surface area (Å²) in [5.74, 6) is 1.02. The number of carbonyl (C=O) groups excluding carboxylic acids is 1. The second-order valence-electron chi connectivity index (χ2n) is 7.10. The van der Waals surface area contributed by atoms with Gasteiger partial charge >= 0.3 is 0 Å². The zero-order chi connectivity index (χ0) is 21.2. The number of rotatable bonds is 5. The lowest BCUT2D eigenvalue weighted by Crippen LogP contribution is -2.07. The molecule has 3 aromatic heterocycles. The molecule has 0 saturated heterocycles. The molecule has 7 nitrogen and oxygen atoms in total. The first kappa shape index (κ1) is 19.1. The van der Waals surface area contributed by atoms with Gasteiger partial charge < -0.3 is 5.32 Å². The van der Waals surface area contributed by atoms with E-state index in [1.54, 1.807) is 6.20 Å². The highest BCUT2D eigenvalue weighted by molar-refractivity contribution is 7.18. The summed E-state index contributed by atoms with van der Waals surface area (Å²) >= 11 is 1.54. The summed E-state index contributed by atoms with van der Waals surface area (Å²) in [6.45, 7) is 1.46. The minimum Gasteiger partial charge on any atom is -0.311 e. The lowest BCUT2D eigenvalue weighted by atomic mass is 10.0. The van der Waals surface area contributed by atoms with E-state index < -0.39 is 0 Å². The van der Waals surface area contributed by atoms with E-state index in [-0.39, 0.29) is 5.91 Å². The molecule has 3 heterocycles. The van der Waals surface area contributed by atoms with E-state index >= 15 is 0 Å². The van der Waals surface area contributed by atoms with Gasteiger partial charge in [0, 0.05) is 25.1 Å². The summed E-state index contributed by atoms with van der Waals surface area (Å²) < 4.78 is 0. The van der Waals surface area contributed by atoms with Crippen molar-refractivity contribution in [3.8, 4) is 21.3 Å². The van der Waals surface area contributed by atoms with E-state index in [1.807, 2.05) is 24.3 Å². The first-order chi connectivity index (χ1) is 15.2. The number of nitrogens with zero attached hydrogens (tertiary/aromatic N) is 4. The van der Waals surface area contributed by atoms with Gasteiger partial charge in [0.1, 0.15) is 17.2 Å². The number of amides is 1. The molecule has 1 amide bonds. The van der Waals surface area contributed by atoms with Gasteiger partial charge in [-0.2, -0.15) is 5.10 Å². The van der Waals surface area contributed by atoms with E-state index in [9.17, 15) is 4.79 Å². The monoisotopic (exact) mass is 426 g/mol. The predicted molar refractivity (Wildman–Crippen MR) is 122 cm³/mol. The van der Waals surface area contributed by atoms with Crippen LogP contribution in [0.1, 0.15) is 18.2 Å². The van der Waals surface area contributed by atoms with Crippen molar-refractivity contribution in [3.63, 3.8) is 0 Å². The summed E-state index contributed by atoms with van der Waals surface area (Å²) in [7, 11) is 0. The van der Waals surface area contributed by atoms with Crippen LogP contribution in [0.5, 0.6) is 0 Å². The molecule has 5 aromatic rings. The van der Waals surface area contributed by atoms with Gasteiger partial charge in [0.05, 0.1) is 10.6 Å². The minimum absolute atomic E-state index is 0.164. The SMILES string of the molecule is CC(=O)Nc1cc(-c2nc(Cc3ccc4ccccc4c3)c(-c3ncn[nH]3)s2)ccn1. The van der Waals surface area contributed by atoms with Crippen LogP contribution in [0.3, 0.4) is 0 Å². The van der Waals surface area contributed by atoms with Gasteiger partial charge in [-0.1, -0.05) is 42.5 Å². The second-order valence-corrected chi connectivity index (χ2v) is 8.10. The lowest BCUT2D eigenvalue weighted by molar-refractivity contribution is -0.114. The molecule has 2 aromatic carbocycles. The van der Waals surface area contributed by atoms with Crippen molar-refractivity contribution < 1.29 is 4.79 Å². The van der Waals surface area contributed by atoms with E-state index in [0.29, 0.717) is 18.1 Å². The number of aromatic amines is 1. The Morgan fingerprint density at radius 1 is 1.06 bits per heavy atom. The summed E-state index contributed by atoms with van der Waals surface area (Å²) in [5, 5.41) is 12.9. The van der Waals surface area contributed by atoms with Crippen LogP contribution in [0.15, 0.2) is 67.1 Å². The number of carbonyl (C=O) groups is 1. The Kier molecular flexibility index (Phi) is 4.97. The number of pyridine rings is 1. The van der Waals surface area contributed by atoms with Crippen LogP contribution in [-0.2, 0) is 11.2 Å². The van der Waals surface area contributed by atoms with Gasteiger partial charge in [0.15, 0.2) is 5.82 Å². The maximum atomic E-state index is 11.4. The molecule has 2 N–H and O–H groups in total. The largest absolute Gasteiger partial charge is 0.311 e. The third-order valence-corrected chi connectivity index (χ3v) is 5.98. The summed E-state index contributed by atoms with van der Waals surface area (Å²) in [4.78, 5) is 25.8. The Labute approximate surface area is 182 Å². The van der Waals surface area contributed by atoms with Crippen molar-refractivity contribution in [2.75, 3.05) is 5.32 Å². The van der Waals surface area contributed by atoms with Crippen LogP contribution in [-0.4, -0.2) is 31.1 Å². The highest BCUT2D eigenvalue weighted by atomic mass is 32.1. The Balaban J connectivity index is 1.55. The molecule has 0 atom stereocenters. The first-order valence-electron chi connectivity index (χ1n) is 9.73. The smallest absolute Gasteiger partial charge is 0.222 e. The van der Waals surface area contributed by atoms with Crippen molar-refractivity contribution in [2.45, 2.75) is 13.3 Å². The summed E-state index contributed by atoms with van der Waals surface area (Å²) in [6.07, 6.45) is 3.83. The molecular formula is C23H18N6OS. The van der Waals surface area contributed by atoms with E-state index in [0.717, 1.165) is 21.1 Å². The van der Waals surface area contributed by atoms with Gasteiger partial charge in [-0.05, 0) is 28.5 Å². The van der Waals surface area contributed by atoms with Crippen LogP contribution in [0.25, 0.3) is 32.0 Å². The zero-order valence-electron chi connectivity index (χ0n) is 16.7. The molecular weight excluding hydrogens is 408 g/mol. The van der Waals surface area contributed by atoms with Crippen LogP contribution in [0, 0.1) is 0 Å². The van der Waals surface area contributed by atoms with Crippen molar-refractivity contribution in [3.05, 3.63) is 78.4 Å². The average molecular weight is 427 g/mol. The molecule has 0 saturated carbocycles. The van der Waals surface area contributed by atoms with Crippen molar-refractivity contribution >= 4 is 33.8 Å². The molecule has 0 unspecified atom stereocenters. The third-order valence-electron chi connectivity index (χ3n) is 4.82. The highest BCUT2D eigenvalue weighted by Gasteiger charge is 2.17. The lowest BCUT2D eigenvalue weighted by Gasteiger charge is -2.04. The fourth-order valence-corrected chi connectivity index (χ4v) is 4.47. The molecule has 0 bridgehead atoms. The molecule has 5 rings (SSSR count). The molecule has 31 heavy (non-hydrogen) atoms. The maximum absolute atomic E-state index is 11.4. The number of thiazole rings is 1. The molecule has 0 aliphatic heterocycles. The maximum Gasteiger partial charge on any atom is 0.222 e. The fraction of sp³-hybridized carbons (Fsp3) is 0.0870. The van der Waals surface area contributed by atoms with E-state index in [2.05, 4.69) is 55.8 Å². The number of hydrogen-bond acceptors (Lipinski definition) is 6.